The van der Waals surface area contributed by atoms with Crippen molar-refractivity contribution in [3.63, 3.8) is 0 Å². The molecule has 146 valence electrons. The lowest BCUT2D eigenvalue weighted by Gasteiger charge is -2.12. The van der Waals surface area contributed by atoms with Gasteiger partial charge in [-0.25, -0.2) is 0 Å². The van der Waals surface area contributed by atoms with Crippen molar-refractivity contribution in [2.24, 2.45) is 0 Å². The summed E-state index contributed by atoms with van der Waals surface area (Å²) in [7, 11) is 1.52. The summed E-state index contributed by atoms with van der Waals surface area (Å²) in [5, 5.41) is 13.3. The average Bonchev–Trinajstić information content (AvgIpc) is 2.95. The Kier molecular flexibility index (Phi) is 6.28. The maximum Gasteiger partial charge on any atom is 0.307 e. The first-order valence-electron chi connectivity index (χ1n) is 8.17. The summed E-state index contributed by atoms with van der Waals surface area (Å²) in [6, 6.07) is 10.2. The molecule has 0 bridgehead atoms. The van der Waals surface area contributed by atoms with Gasteiger partial charge in [-0.3, -0.25) is 14.6 Å². The molecule has 3 N–H and O–H groups in total. The van der Waals surface area contributed by atoms with Crippen molar-refractivity contribution in [1.82, 2.24) is 4.98 Å². The summed E-state index contributed by atoms with van der Waals surface area (Å²) >= 11 is 12.9. The number of benzene rings is 2. The second-order valence-electron chi connectivity index (χ2n) is 5.96. The van der Waals surface area contributed by atoms with E-state index in [4.69, 9.17) is 27.9 Å². The molecule has 3 rings (SSSR count). The predicted octanol–water partition coefficient (Wildman–Crippen LogP) is 4.23. The predicted molar refractivity (Wildman–Crippen MR) is 111 cm³/mol. The Morgan fingerprint density at radius 3 is 2.68 bits per heavy atom. The molecule has 0 atom stereocenters. The highest BCUT2D eigenvalue weighted by Crippen LogP contribution is 2.27. The van der Waals surface area contributed by atoms with Crippen LogP contribution in [0.1, 0.15) is 16.0 Å². The van der Waals surface area contributed by atoms with Crippen LogP contribution in [0.25, 0.3) is 0 Å². The molecule has 3 aromatic rings. The van der Waals surface area contributed by atoms with E-state index in [0.717, 1.165) is 16.9 Å². The quantitative estimate of drug-likeness (QED) is 0.536. The topological polar surface area (TPSA) is 91.4 Å². The van der Waals surface area contributed by atoms with E-state index in [1.807, 2.05) is 12.1 Å². The highest BCUT2D eigenvalue weighted by molar-refractivity contribution is 7.09. The highest BCUT2D eigenvalue weighted by Gasteiger charge is 2.14. The van der Waals surface area contributed by atoms with Crippen LogP contribution in [0.2, 0.25) is 10.0 Å². The lowest BCUT2D eigenvalue weighted by Crippen LogP contribution is -2.15. The maximum absolute atomic E-state index is 12.5. The van der Waals surface area contributed by atoms with Crippen LogP contribution in [0.4, 0.5) is 5.69 Å². The molecule has 1 amide bonds. The van der Waals surface area contributed by atoms with Gasteiger partial charge >= 0.3 is 4.87 Å². The van der Waals surface area contributed by atoms with Gasteiger partial charge in [0.25, 0.3) is 0 Å². The van der Waals surface area contributed by atoms with Gasteiger partial charge in [-0.1, -0.05) is 46.7 Å². The summed E-state index contributed by atoms with van der Waals surface area (Å²) < 4.78 is 5.34. The molecule has 28 heavy (non-hydrogen) atoms. The third kappa shape index (κ3) is 4.86. The zero-order valence-electron chi connectivity index (χ0n) is 14.7. The smallest absolute Gasteiger partial charge is 0.307 e. The minimum Gasteiger partial charge on any atom is -0.496 e. The maximum atomic E-state index is 12.5. The van der Waals surface area contributed by atoms with Crippen LogP contribution < -0.4 is 14.9 Å². The minimum atomic E-state index is -0.319. The van der Waals surface area contributed by atoms with Gasteiger partial charge in [0.05, 0.1) is 29.1 Å². The van der Waals surface area contributed by atoms with Crippen molar-refractivity contribution in [2.45, 2.75) is 12.8 Å². The van der Waals surface area contributed by atoms with Crippen LogP contribution >= 0.6 is 34.5 Å². The normalized spacial score (nSPS) is 10.7. The Bertz CT molecular complexity index is 1080. The first-order chi connectivity index (χ1) is 13.4. The summed E-state index contributed by atoms with van der Waals surface area (Å²) in [5.41, 5.74) is 1.97. The van der Waals surface area contributed by atoms with E-state index in [2.05, 4.69) is 10.3 Å². The molecule has 9 heteroatoms. The van der Waals surface area contributed by atoms with E-state index in [9.17, 15) is 14.7 Å². The molecule has 0 saturated heterocycles. The monoisotopic (exact) mass is 438 g/mol. The van der Waals surface area contributed by atoms with Crippen LogP contribution in [0.5, 0.6) is 11.6 Å². The largest absolute Gasteiger partial charge is 0.496 e. The fourth-order valence-electron chi connectivity index (χ4n) is 2.70. The number of rotatable bonds is 6. The molecule has 0 aliphatic carbocycles. The van der Waals surface area contributed by atoms with Gasteiger partial charge in [0.1, 0.15) is 5.75 Å². The molecule has 0 aliphatic heterocycles. The van der Waals surface area contributed by atoms with E-state index >= 15 is 0 Å². The molecule has 0 spiro atoms. The van der Waals surface area contributed by atoms with Crippen LogP contribution in [0, 0.1) is 0 Å². The lowest BCUT2D eigenvalue weighted by molar-refractivity contribution is -0.115. The van der Waals surface area contributed by atoms with E-state index in [1.54, 1.807) is 24.3 Å². The summed E-state index contributed by atoms with van der Waals surface area (Å²) in [5.74, 6) is 0.156. The van der Waals surface area contributed by atoms with E-state index in [0.29, 0.717) is 38.3 Å². The number of aromatic hydroxyl groups is 1. The van der Waals surface area contributed by atoms with Gasteiger partial charge in [0.2, 0.25) is 11.8 Å². The number of anilines is 1. The molecular weight excluding hydrogens is 423 g/mol. The number of thiazole rings is 1. The van der Waals surface area contributed by atoms with Crippen molar-refractivity contribution in [2.75, 3.05) is 12.4 Å². The fraction of sp³-hybridized carbons (Fsp3) is 0.158. The molecule has 0 saturated carbocycles. The third-order valence-corrected chi connectivity index (χ3v) is 5.39. The number of methoxy groups -OCH3 is 1. The summed E-state index contributed by atoms with van der Waals surface area (Å²) in [4.78, 5) is 26.4. The van der Waals surface area contributed by atoms with Crippen molar-refractivity contribution in [1.29, 1.82) is 0 Å². The molecule has 0 fully saturated rings. The average molecular weight is 439 g/mol. The number of hydrogen-bond acceptors (Lipinski definition) is 5. The zero-order valence-corrected chi connectivity index (χ0v) is 17.0. The number of hydrogen-bond donors (Lipinski definition) is 3. The van der Waals surface area contributed by atoms with Gasteiger partial charge in [-0.05, 0) is 29.8 Å². The summed E-state index contributed by atoms with van der Waals surface area (Å²) in [6.45, 7) is 0. The van der Waals surface area contributed by atoms with Gasteiger partial charge < -0.3 is 15.2 Å². The van der Waals surface area contributed by atoms with Crippen molar-refractivity contribution in [3.05, 3.63) is 72.1 Å². The zero-order chi connectivity index (χ0) is 20.3. The van der Waals surface area contributed by atoms with Crippen LogP contribution in [0.15, 0.2) is 41.2 Å². The Labute approximate surface area is 174 Å². The number of ether oxygens (including phenoxy) is 1. The number of carbonyl (C=O) groups is 1. The fourth-order valence-corrected chi connectivity index (χ4v) is 3.91. The van der Waals surface area contributed by atoms with E-state index in [1.165, 1.54) is 7.11 Å². The number of carbonyl (C=O) groups excluding carboxylic acids is 1. The van der Waals surface area contributed by atoms with Gasteiger partial charge in [0.15, 0.2) is 0 Å². The standard InChI is InChI=1S/C19H16Cl2N2O4S/c1-27-15-5-2-10(7-16-18(25)23-19(26)28-16)6-11(15)8-17(24)22-14-4-3-12(20)9-13(14)21/h2-6,9,25H,7-8H2,1H3,(H,22,24)(H,23,26). The first kappa shape index (κ1) is 20.3. The van der Waals surface area contributed by atoms with Crippen LogP contribution in [0.3, 0.4) is 0 Å². The molecule has 0 radical (unpaired) electrons. The Hall–Kier alpha value is -2.48. The Balaban J connectivity index is 1.78. The van der Waals surface area contributed by atoms with Gasteiger partial charge in [-0.2, -0.15) is 0 Å². The second-order valence-corrected chi connectivity index (χ2v) is 7.87. The molecule has 2 aromatic carbocycles. The third-order valence-electron chi connectivity index (χ3n) is 3.97. The van der Waals surface area contributed by atoms with E-state index in [-0.39, 0.29) is 23.1 Å². The molecule has 0 unspecified atom stereocenters. The van der Waals surface area contributed by atoms with Gasteiger partial charge in [0, 0.05) is 17.0 Å². The van der Waals surface area contributed by atoms with Crippen LogP contribution in [-0.2, 0) is 17.6 Å². The number of nitrogens with one attached hydrogen (secondary N) is 2. The van der Waals surface area contributed by atoms with Crippen molar-refractivity contribution >= 4 is 46.1 Å². The molecule has 1 aromatic heterocycles. The number of amides is 1. The van der Waals surface area contributed by atoms with E-state index < -0.39 is 0 Å². The second kappa shape index (κ2) is 8.68. The van der Waals surface area contributed by atoms with Crippen molar-refractivity contribution in [3.8, 4) is 11.6 Å². The van der Waals surface area contributed by atoms with Crippen molar-refractivity contribution < 1.29 is 14.6 Å². The first-order valence-corrected chi connectivity index (χ1v) is 9.74. The molecular formula is C19H16Cl2N2O4S. The lowest BCUT2D eigenvalue weighted by atomic mass is 10.0. The number of H-pyrrole nitrogens is 1. The summed E-state index contributed by atoms with van der Waals surface area (Å²) in [6.07, 6.45) is 0.419. The van der Waals surface area contributed by atoms with Crippen LogP contribution in [-0.4, -0.2) is 23.1 Å². The Morgan fingerprint density at radius 1 is 1.25 bits per heavy atom. The minimum absolute atomic E-state index is 0.0608. The Morgan fingerprint density at radius 2 is 2.04 bits per heavy atom. The number of aromatic amines is 1. The number of aromatic nitrogens is 1. The highest BCUT2D eigenvalue weighted by atomic mass is 35.5. The molecule has 1 heterocycles. The van der Waals surface area contributed by atoms with Gasteiger partial charge in [-0.15, -0.1) is 0 Å². The molecule has 6 nitrogen and oxygen atoms in total. The number of halogens is 2. The molecule has 0 aliphatic rings. The SMILES string of the molecule is COc1ccc(Cc2sc(=O)[nH]c2O)cc1CC(=O)Nc1ccc(Cl)cc1Cl.